The molecule has 3 rings (SSSR count). The standard InChI is InChI=1S/C19H24N4O/c1-12(2)11-20-19-21-13(3)9-16(22-19)18(24)23-14(4)10-15-7-5-6-8-17(15)23/h5-9,12,14H,10-11H2,1-4H3,(H,20,21,22). The van der Waals surface area contributed by atoms with Gasteiger partial charge >= 0.3 is 0 Å². The topological polar surface area (TPSA) is 58.1 Å². The van der Waals surface area contributed by atoms with Crippen molar-refractivity contribution in [3.05, 3.63) is 47.3 Å². The fourth-order valence-corrected chi connectivity index (χ4v) is 3.05. The van der Waals surface area contributed by atoms with E-state index in [9.17, 15) is 4.79 Å². The number of rotatable bonds is 4. The van der Waals surface area contributed by atoms with Crippen LogP contribution in [0.15, 0.2) is 30.3 Å². The lowest BCUT2D eigenvalue weighted by atomic mass is 10.1. The van der Waals surface area contributed by atoms with Crippen molar-refractivity contribution in [2.75, 3.05) is 16.8 Å². The summed E-state index contributed by atoms with van der Waals surface area (Å²) in [7, 11) is 0. The first-order valence-corrected chi connectivity index (χ1v) is 8.46. The van der Waals surface area contributed by atoms with Crippen LogP contribution in [-0.4, -0.2) is 28.5 Å². The molecule has 0 aliphatic carbocycles. The van der Waals surface area contributed by atoms with Crippen LogP contribution in [0.5, 0.6) is 0 Å². The molecule has 2 heterocycles. The minimum absolute atomic E-state index is 0.0643. The molecule has 1 unspecified atom stereocenters. The molecule has 24 heavy (non-hydrogen) atoms. The fraction of sp³-hybridized carbons (Fsp3) is 0.421. The number of anilines is 2. The van der Waals surface area contributed by atoms with Crippen molar-refractivity contribution >= 4 is 17.5 Å². The molecular weight excluding hydrogens is 300 g/mol. The van der Waals surface area contributed by atoms with E-state index in [1.807, 2.05) is 30.0 Å². The summed E-state index contributed by atoms with van der Waals surface area (Å²) in [6, 6.07) is 9.97. The highest BCUT2D eigenvalue weighted by Crippen LogP contribution is 2.32. The Kier molecular flexibility index (Phi) is 4.51. The Morgan fingerprint density at radius 2 is 2.08 bits per heavy atom. The number of carbonyl (C=O) groups is 1. The van der Waals surface area contributed by atoms with Crippen LogP contribution >= 0.6 is 0 Å². The average molecular weight is 324 g/mol. The number of nitrogens with one attached hydrogen (secondary N) is 1. The monoisotopic (exact) mass is 324 g/mol. The third-order valence-corrected chi connectivity index (χ3v) is 4.17. The van der Waals surface area contributed by atoms with Gasteiger partial charge < -0.3 is 10.2 Å². The Labute approximate surface area is 143 Å². The van der Waals surface area contributed by atoms with Crippen LogP contribution in [0, 0.1) is 12.8 Å². The van der Waals surface area contributed by atoms with E-state index in [1.165, 1.54) is 5.56 Å². The van der Waals surface area contributed by atoms with Crippen molar-refractivity contribution in [2.45, 2.75) is 40.2 Å². The minimum atomic E-state index is -0.0643. The molecule has 126 valence electrons. The van der Waals surface area contributed by atoms with Crippen LogP contribution in [-0.2, 0) is 6.42 Å². The average Bonchev–Trinajstić information content (AvgIpc) is 2.87. The summed E-state index contributed by atoms with van der Waals surface area (Å²) >= 11 is 0. The van der Waals surface area contributed by atoms with Crippen molar-refractivity contribution in [3.8, 4) is 0 Å². The Morgan fingerprint density at radius 1 is 1.33 bits per heavy atom. The van der Waals surface area contributed by atoms with Gasteiger partial charge in [0.15, 0.2) is 0 Å². The van der Waals surface area contributed by atoms with Crippen molar-refractivity contribution in [2.24, 2.45) is 5.92 Å². The predicted molar refractivity (Wildman–Crippen MR) is 96.5 cm³/mol. The zero-order valence-electron chi connectivity index (χ0n) is 14.7. The van der Waals surface area contributed by atoms with Crippen LogP contribution in [0.1, 0.15) is 42.5 Å². The summed E-state index contributed by atoms with van der Waals surface area (Å²) in [6.07, 6.45) is 0.879. The van der Waals surface area contributed by atoms with Gasteiger partial charge in [0.05, 0.1) is 0 Å². The maximum absolute atomic E-state index is 13.1. The van der Waals surface area contributed by atoms with Crippen LogP contribution in [0.2, 0.25) is 0 Å². The molecule has 0 radical (unpaired) electrons. The van der Waals surface area contributed by atoms with Gasteiger partial charge in [-0.1, -0.05) is 32.0 Å². The number of benzene rings is 1. The SMILES string of the molecule is Cc1cc(C(=O)N2c3ccccc3CC2C)nc(NCC(C)C)n1. The van der Waals surface area contributed by atoms with Gasteiger partial charge in [-0.2, -0.15) is 0 Å². The smallest absolute Gasteiger partial charge is 0.277 e. The van der Waals surface area contributed by atoms with E-state index in [0.29, 0.717) is 17.6 Å². The molecule has 1 aromatic heterocycles. The molecule has 5 nitrogen and oxygen atoms in total. The molecule has 0 bridgehead atoms. The van der Waals surface area contributed by atoms with E-state index < -0.39 is 0 Å². The molecule has 1 amide bonds. The highest BCUT2D eigenvalue weighted by Gasteiger charge is 2.32. The third-order valence-electron chi connectivity index (χ3n) is 4.17. The molecule has 1 aromatic carbocycles. The van der Waals surface area contributed by atoms with Gasteiger partial charge in [-0.15, -0.1) is 0 Å². The van der Waals surface area contributed by atoms with Gasteiger partial charge in [-0.25, -0.2) is 9.97 Å². The lowest BCUT2D eigenvalue weighted by molar-refractivity contribution is 0.0976. The normalized spacial score (nSPS) is 16.4. The number of aryl methyl sites for hydroxylation is 1. The number of para-hydroxylation sites is 1. The zero-order chi connectivity index (χ0) is 17.3. The second-order valence-corrected chi connectivity index (χ2v) is 6.85. The van der Waals surface area contributed by atoms with Crippen LogP contribution < -0.4 is 10.2 Å². The van der Waals surface area contributed by atoms with E-state index in [4.69, 9.17) is 0 Å². The molecule has 5 heteroatoms. The van der Waals surface area contributed by atoms with Gasteiger partial charge in [0, 0.05) is 24.0 Å². The highest BCUT2D eigenvalue weighted by atomic mass is 16.2. The first kappa shape index (κ1) is 16.4. The Bertz CT molecular complexity index is 757. The number of hydrogen-bond acceptors (Lipinski definition) is 4. The van der Waals surface area contributed by atoms with E-state index in [-0.39, 0.29) is 11.9 Å². The summed E-state index contributed by atoms with van der Waals surface area (Å²) in [5, 5.41) is 3.21. The fourth-order valence-electron chi connectivity index (χ4n) is 3.05. The van der Waals surface area contributed by atoms with Gasteiger partial charge in [0.25, 0.3) is 5.91 Å². The Balaban J connectivity index is 1.90. The van der Waals surface area contributed by atoms with Gasteiger partial charge in [-0.05, 0) is 43.9 Å². The summed E-state index contributed by atoms with van der Waals surface area (Å²) in [5.74, 6) is 0.941. The van der Waals surface area contributed by atoms with Crippen molar-refractivity contribution in [3.63, 3.8) is 0 Å². The molecule has 1 atom stereocenters. The third kappa shape index (κ3) is 3.25. The summed E-state index contributed by atoms with van der Waals surface area (Å²) in [5.41, 5.74) is 3.43. The summed E-state index contributed by atoms with van der Waals surface area (Å²) in [4.78, 5) is 23.8. The second kappa shape index (κ2) is 6.59. The molecule has 0 spiro atoms. The Morgan fingerprint density at radius 3 is 2.83 bits per heavy atom. The molecule has 1 N–H and O–H groups in total. The highest BCUT2D eigenvalue weighted by molar-refractivity contribution is 6.06. The minimum Gasteiger partial charge on any atom is -0.354 e. The number of amides is 1. The molecule has 1 aliphatic heterocycles. The second-order valence-electron chi connectivity index (χ2n) is 6.85. The lowest BCUT2D eigenvalue weighted by Gasteiger charge is -2.22. The predicted octanol–water partition coefficient (Wildman–Crippen LogP) is 3.44. The molecular formula is C19H24N4O. The first-order chi connectivity index (χ1) is 11.5. The number of hydrogen-bond donors (Lipinski definition) is 1. The van der Waals surface area contributed by atoms with Crippen LogP contribution in [0.25, 0.3) is 0 Å². The molecule has 0 saturated carbocycles. The van der Waals surface area contributed by atoms with E-state index in [2.05, 4.69) is 42.1 Å². The molecule has 0 saturated heterocycles. The number of aromatic nitrogens is 2. The Hall–Kier alpha value is -2.43. The van der Waals surface area contributed by atoms with Gasteiger partial charge in [0.1, 0.15) is 5.69 Å². The molecule has 0 fully saturated rings. The largest absolute Gasteiger partial charge is 0.354 e. The number of carbonyl (C=O) groups excluding carboxylic acids is 1. The van der Waals surface area contributed by atoms with E-state index in [1.54, 1.807) is 6.07 Å². The molecule has 2 aromatic rings. The van der Waals surface area contributed by atoms with Crippen LogP contribution in [0.4, 0.5) is 11.6 Å². The van der Waals surface area contributed by atoms with Crippen LogP contribution in [0.3, 0.4) is 0 Å². The maximum Gasteiger partial charge on any atom is 0.277 e. The van der Waals surface area contributed by atoms with Gasteiger partial charge in [0.2, 0.25) is 5.95 Å². The quantitative estimate of drug-likeness (QED) is 0.936. The number of fused-ring (bicyclic) bond motifs is 1. The maximum atomic E-state index is 13.1. The van der Waals surface area contributed by atoms with Gasteiger partial charge in [-0.3, -0.25) is 4.79 Å². The van der Waals surface area contributed by atoms with E-state index in [0.717, 1.165) is 24.3 Å². The van der Waals surface area contributed by atoms with Crippen molar-refractivity contribution in [1.29, 1.82) is 0 Å². The first-order valence-electron chi connectivity index (χ1n) is 8.46. The molecule has 1 aliphatic rings. The number of nitrogens with zero attached hydrogens (tertiary/aromatic N) is 3. The van der Waals surface area contributed by atoms with E-state index >= 15 is 0 Å². The lowest BCUT2D eigenvalue weighted by Crippen LogP contribution is -2.36. The summed E-state index contributed by atoms with van der Waals surface area (Å²) in [6.45, 7) is 8.99. The van der Waals surface area contributed by atoms with Crippen molar-refractivity contribution in [1.82, 2.24) is 9.97 Å². The zero-order valence-corrected chi connectivity index (χ0v) is 14.7. The summed E-state index contributed by atoms with van der Waals surface area (Å²) < 4.78 is 0. The van der Waals surface area contributed by atoms with Crippen molar-refractivity contribution < 1.29 is 4.79 Å².